The van der Waals surface area contributed by atoms with E-state index >= 15 is 0 Å². The van der Waals surface area contributed by atoms with Gasteiger partial charge in [-0.1, -0.05) is 0 Å². The van der Waals surface area contributed by atoms with Gasteiger partial charge in [-0.2, -0.15) is 0 Å². The van der Waals surface area contributed by atoms with Gasteiger partial charge in [-0.3, -0.25) is 9.59 Å². The summed E-state index contributed by atoms with van der Waals surface area (Å²) in [5.74, 6) is -0.968. The van der Waals surface area contributed by atoms with Crippen LogP contribution in [-0.4, -0.2) is 35.1 Å². The Hall–Kier alpha value is -1.14. The largest absolute Gasteiger partial charge is 0.393 e. The molecule has 1 aliphatic carbocycles. The van der Waals surface area contributed by atoms with E-state index < -0.39 is 11.9 Å². The van der Waals surface area contributed by atoms with Gasteiger partial charge in [0.05, 0.1) is 18.6 Å². The number of nitrogens with one attached hydrogen (secondary N) is 1. The summed E-state index contributed by atoms with van der Waals surface area (Å²) in [5.41, 5.74) is 10.4. The monoisotopic (exact) mass is 229 g/mol. The molecule has 0 bridgehead atoms. The highest BCUT2D eigenvalue weighted by Crippen LogP contribution is 2.18. The summed E-state index contributed by atoms with van der Waals surface area (Å²) in [4.78, 5) is 22.1. The Morgan fingerprint density at radius 1 is 1.44 bits per heavy atom. The number of aliphatic hydroxyl groups excluding tert-OH is 1. The number of primary amides is 1. The van der Waals surface area contributed by atoms with Crippen molar-refractivity contribution in [2.24, 2.45) is 11.5 Å². The van der Waals surface area contributed by atoms with Crippen molar-refractivity contribution in [3.05, 3.63) is 0 Å². The molecule has 0 saturated heterocycles. The van der Waals surface area contributed by atoms with Gasteiger partial charge in [-0.15, -0.1) is 0 Å². The van der Waals surface area contributed by atoms with Crippen LogP contribution in [0.25, 0.3) is 0 Å². The van der Waals surface area contributed by atoms with Crippen molar-refractivity contribution in [1.29, 1.82) is 0 Å². The summed E-state index contributed by atoms with van der Waals surface area (Å²) in [5, 5.41) is 12.1. The second kappa shape index (κ2) is 5.81. The third kappa shape index (κ3) is 4.16. The molecule has 1 fully saturated rings. The molecule has 0 spiro atoms. The van der Waals surface area contributed by atoms with Gasteiger partial charge in [0, 0.05) is 6.04 Å². The number of hydrogen-bond donors (Lipinski definition) is 4. The normalized spacial score (nSPS) is 27.1. The van der Waals surface area contributed by atoms with E-state index in [4.69, 9.17) is 11.5 Å². The number of hydrogen-bond acceptors (Lipinski definition) is 4. The second-order valence-corrected chi connectivity index (χ2v) is 4.30. The van der Waals surface area contributed by atoms with Gasteiger partial charge in [0.15, 0.2) is 0 Å². The zero-order valence-electron chi connectivity index (χ0n) is 9.19. The molecule has 6 N–H and O–H groups in total. The van der Waals surface area contributed by atoms with Crippen LogP contribution in [-0.2, 0) is 9.59 Å². The Morgan fingerprint density at radius 3 is 2.69 bits per heavy atom. The van der Waals surface area contributed by atoms with E-state index in [-0.39, 0.29) is 24.5 Å². The highest BCUT2D eigenvalue weighted by Gasteiger charge is 2.24. The van der Waals surface area contributed by atoms with Crippen LogP contribution in [0.1, 0.15) is 32.1 Å². The van der Waals surface area contributed by atoms with Crippen LogP contribution in [0.5, 0.6) is 0 Å². The quantitative estimate of drug-likeness (QED) is 0.474. The minimum Gasteiger partial charge on any atom is -0.393 e. The predicted molar refractivity (Wildman–Crippen MR) is 58.2 cm³/mol. The maximum absolute atomic E-state index is 11.5. The van der Waals surface area contributed by atoms with Crippen molar-refractivity contribution in [3.8, 4) is 0 Å². The van der Waals surface area contributed by atoms with Crippen LogP contribution in [0.2, 0.25) is 0 Å². The van der Waals surface area contributed by atoms with Crippen LogP contribution in [0.4, 0.5) is 0 Å². The molecule has 6 heteroatoms. The smallest absolute Gasteiger partial charge is 0.237 e. The minimum atomic E-state index is -0.892. The molecule has 0 heterocycles. The Morgan fingerprint density at radius 2 is 2.12 bits per heavy atom. The molecule has 6 nitrogen and oxygen atoms in total. The van der Waals surface area contributed by atoms with Crippen LogP contribution in [0.15, 0.2) is 0 Å². The Bertz CT molecular complexity index is 270. The van der Waals surface area contributed by atoms with E-state index in [9.17, 15) is 14.7 Å². The Balaban J connectivity index is 2.35. The highest BCUT2D eigenvalue weighted by molar-refractivity contribution is 5.87. The molecule has 92 valence electrons. The van der Waals surface area contributed by atoms with Gasteiger partial charge in [0.1, 0.15) is 0 Å². The molecule has 16 heavy (non-hydrogen) atoms. The number of nitrogens with two attached hydrogens (primary N) is 2. The van der Waals surface area contributed by atoms with Crippen LogP contribution >= 0.6 is 0 Å². The van der Waals surface area contributed by atoms with E-state index in [1.807, 2.05) is 0 Å². The van der Waals surface area contributed by atoms with Crippen molar-refractivity contribution in [2.45, 2.75) is 50.3 Å². The summed E-state index contributed by atoms with van der Waals surface area (Å²) in [6.45, 7) is 0. The highest BCUT2D eigenvalue weighted by atomic mass is 16.3. The summed E-state index contributed by atoms with van der Waals surface area (Å²) in [7, 11) is 0. The molecule has 0 aromatic carbocycles. The van der Waals surface area contributed by atoms with Gasteiger partial charge in [-0.05, 0) is 25.7 Å². The van der Waals surface area contributed by atoms with Crippen LogP contribution in [0, 0.1) is 0 Å². The van der Waals surface area contributed by atoms with Crippen molar-refractivity contribution in [2.75, 3.05) is 0 Å². The first-order valence-corrected chi connectivity index (χ1v) is 5.51. The van der Waals surface area contributed by atoms with Crippen molar-refractivity contribution in [1.82, 2.24) is 5.32 Å². The number of amides is 2. The molecular formula is C10H19N3O3. The molecule has 0 radical (unpaired) electrons. The Labute approximate surface area is 94.4 Å². The van der Waals surface area contributed by atoms with E-state index in [1.54, 1.807) is 0 Å². The number of aliphatic hydroxyl groups is 1. The fourth-order valence-corrected chi connectivity index (χ4v) is 1.91. The first kappa shape index (κ1) is 12.9. The van der Waals surface area contributed by atoms with Crippen molar-refractivity contribution < 1.29 is 14.7 Å². The molecule has 0 aliphatic heterocycles. The van der Waals surface area contributed by atoms with Gasteiger partial charge in [-0.25, -0.2) is 0 Å². The SMILES string of the molecule is NC(=O)CC(N)C(=O)NC1CCCC(O)C1. The third-order valence-corrected chi connectivity index (χ3v) is 2.75. The molecule has 2 amide bonds. The summed E-state index contributed by atoms with van der Waals surface area (Å²) < 4.78 is 0. The zero-order chi connectivity index (χ0) is 12.1. The van der Waals surface area contributed by atoms with E-state index in [0.29, 0.717) is 6.42 Å². The summed E-state index contributed by atoms with van der Waals surface area (Å²) >= 11 is 0. The molecular weight excluding hydrogens is 210 g/mol. The van der Waals surface area contributed by atoms with Crippen molar-refractivity contribution in [3.63, 3.8) is 0 Å². The predicted octanol–water partition coefficient (Wildman–Crippen LogP) is -1.39. The van der Waals surface area contributed by atoms with Crippen LogP contribution in [0.3, 0.4) is 0 Å². The van der Waals surface area contributed by atoms with Crippen LogP contribution < -0.4 is 16.8 Å². The van der Waals surface area contributed by atoms with E-state index in [1.165, 1.54) is 0 Å². The first-order chi connectivity index (χ1) is 7.49. The third-order valence-electron chi connectivity index (χ3n) is 2.75. The minimum absolute atomic E-state index is 0.0461. The van der Waals surface area contributed by atoms with Gasteiger partial charge in [0.25, 0.3) is 0 Å². The lowest BCUT2D eigenvalue weighted by atomic mass is 9.93. The zero-order valence-corrected chi connectivity index (χ0v) is 9.19. The average Bonchev–Trinajstić information content (AvgIpc) is 2.16. The molecule has 0 aromatic heterocycles. The lowest BCUT2D eigenvalue weighted by molar-refractivity contribution is -0.127. The Kier molecular flexibility index (Phi) is 4.70. The topological polar surface area (TPSA) is 118 Å². The second-order valence-electron chi connectivity index (χ2n) is 4.30. The number of carbonyl (C=O) groups excluding carboxylic acids is 2. The maximum atomic E-state index is 11.5. The first-order valence-electron chi connectivity index (χ1n) is 5.51. The fraction of sp³-hybridized carbons (Fsp3) is 0.800. The van der Waals surface area contributed by atoms with E-state index in [0.717, 1.165) is 19.3 Å². The average molecular weight is 229 g/mol. The number of carbonyl (C=O) groups is 2. The standard InChI is InChI=1S/C10H19N3O3/c11-8(5-9(12)15)10(16)13-6-2-1-3-7(14)4-6/h6-8,14H,1-5,11H2,(H2,12,15)(H,13,16). The lowest BCUT2D eigenvalue weighted by Crippen LogP contribution is -2.48. The molecule has 3 unspecified atom stereocenters. The molecule has 3 atom stereocenters. The van der Waals surface area contributed by atoms with Crippen molar-refractivity contribution >= 4 is 11.8 Å². The van der Waals surface area contributed by atoms with Gasteiger partial charge < -0.3 is 21.9 Å². The molecule has 1 aliphatic rings. The van der Waals surface area contributed by atoms with Gasteiger partial charge in [0.2, 0.25) is 11.8 Å². The molecule has 1 rings (SSSR count). The lowest BCUT2D eigenvalue weighted by Gasteiger charge is -2.27. The summed E-state index contributed by atoms with van der Waals surface area (Å²) in [6.07, 6.45) is 2.55. The molecule has 1 saturated carbocycles. The van der Waals surface area contributed by atoms with Gasteiger partial charge >= 0.3 is 0 Å². The summed E-state index contributed by atoms with van der Waals surface area (Å²) in [6, 6.07) is -0.938. The maximum Gasteiger partial charge on any atom is 0.237 e. The fourth-order valence-electron chi connectivity index (χ4n) is 1.91. The molecule has 0 aromatic rings. The number of rotatable bonds is 4. The van der Waals surface area contributed by atoms with E-state index in [2.05, 4.69) is 5.32 Å².